The molecule has 5 atom stereocenters. The molecule has 164 valence electrons. The van der Waals surface area contributed by atoms with Gasteiger partial charge < -0.3 is 29.7 Å². The third-order valence-corrected chi connectivity index (χ3v) is 6.77. The molecule has 0 radical (unpaired) electrons. The van der Waals surface area contributed by atoms with Gasteiger partial charge in [0.25, 0.3) is 0 Å². The maximum absolute atomic E-state index is 10.6. The maximum Gasteiger partial charge on any atom is 0.163 e. The molecule has 0 unspecified atom stereocenters. The second-order valence-corrected chi connectivity index (χ2v) is 9.01. The Morgan fingerprint density at radius 2 is 1.71 bits per heavy atom. The smallest absolute Gasteiger partial charge is 0.163 e. The van der Waals surface area contributed by atoms with Crippen molar-refractivity contribution in [3.63, 3.8) is 0 Å². The molecule has 31 heavy (non-hydrogen) atoms. The van der Waals surface area contributed by atoms with Crippen LogP contribution in [0.25, 0.3) is 10.9 Å². The van der Waals surface area contributed by atoms with Gasteiger partial charge in [0, 0.05) is 11.6 Å². The highest BCUT2D eigenvalue weighted by Crippen LogP contribution is 2.40. The summed E-state index contributed by atoms with van der Waals surface area (Å²) >= 11 is 6.55. The molecular formula is C24H26ClNO5. The van der Waals surface area contributed by atoms with E-state index in [1.165, 1.54) is 18.4 Å². The molecule has 2 aliphatic rings. The highest BCUT2D eigenvalue weighted by atomic mass is 35.5. The number of hydrogen-bond acceptors (Lipinski definition) is 5. The zero-order valence-corrected chi connectivity index (χ0v) is 17.7. The molecule has 0 spiro atoms. The summed E-state index contributed by atoms with van der Waals surface area (Å²) in [4.78, 5) is 0. The van der Waals surface area contributed by atoms with E-state index in [-0.39, 0.29) is 0 Å². The molecule has 1 aliphatic heterocycles. The average molecular weight is 444 g/mol. The molecule has 2 fully saturated rings. The Morgan fingerprint density at radius 1 is 0.968 bits per heavy atom. The third-order valence-electron chi connectivity index (χ3n) is 6.45. The normalized spacial score (nSPS) is 28.9. The van der Waals surface area contributed by atoms with Crippen LogP contribution in [-0.2, 0) is 11.2 Å². The summed E-state index contributed by atoms with van der Waals surface area (Å²) in [6.07, 6.45) is -1.09. The Balaban J connectivity index is 1.53. The minimum atomic E-state index is -1.44. The highest BCUT2D eigenvalue weighted by molar-refractivity contribution is 6.35. The van der Waals surface area contributed by atoms with Crippen molar-refractivity contribution < 1.29 is 25.2 Å². The van der Waals surface area contributed by atoms with Gasteiger partial charge in [0.05, 0.1) is 17.1 Å². The first-order valence-corrected chi connectivity index (χ1v) is 11.0. The first-order valence-electron chi connectivity index (χ1n) is 10.6. The highest BCUT2D eigenvalue weighted by Gasteiger charge is 2.44. The van der Waals surface area contributed by atoms with Crippen LogP contribution in [0, 0.1) is 0 Å². The second kappa shape index (κ2) is 8.20. The number of aliphatic hydroxyl groups is 4. The molecule has 1 aromatic heterocycles. The van der Waals surface area contributed by atoms with Crippen molar-refractivity contribution in [2.75, 3.05) is 6.61 Å². The second-order valence-electron chi connectivity index (χ2n) is 8.61. The van der Waals surface area contributed by atoms with Gasteiger partial charge in [-0.3, -0.25) is 0 Å². The summed E-state index contributed by atoms with van der Waals surface area (Å²) < 4.78 is 7.52. The molecule has 3 aromatic rings. The molecule has 1 saturated heterocycles. The van der Waals surface area contributed by atoms with Crippen molar-refractivity contribution in [2.24, 2.45) is 0 Å². The van der Waals surface area contributed by atoms with Crippen molar-refractivity contribution in [1.29, 1.82) is 0 Å². The summed E-state index contributed by atoms with van der Waals surface area (Å²) in [6, 6.07) is 14.2. The van der Waals surface area contributed by atoms with Crippen molar-refractivity contribution in [2.45, 2.75) is 55.8 Å². The number of halogens is 1. The van der Waals surface area contributed by atoms with Gasteiger partial charge in [-0.05, 0) is 54.0 Å². The Morgan fingerprint density at radius 3 is 2.39 bits per heavy atom. The first kappa shape index (κ1) is 20.9. The maximum atomic E-state index is 10.6. The molecule has 5 rings (SSSR count). The van der Waals surface area contributed by atoms with Crippen LogP contribution in [0.1, 0.15) is 41.7 Å². The van der Waals surface area contributed by atoms with Gasteiger partial charge in [0.1, 0.15) is 24.4 Å². The molecule has 4 N–H and O–H groups in total. The molecule has 0 bridgehead atoms. The number of fused-ring (bicyclic) bond motifs is 1. The summed E-state index contributed by atoms with van der Waals surface area (Å²) in [5.41, 5.74) is 4.25. The quantitative estimate of drug-likeness (QED) is 0.486. The number of nitrogens with zero attached hydrogens (tertiary/aromatic N) is 1. The molecule has 1 saturated carbocycles. The van der Waals surface area contributed by atoms with E-state index in [1.54, 1.807) is 4.57 Å². The van der Waals surface area contributed by atoms with Crippen LogP contribution in [0.5, 0.6) is 0 Å². The van der Waals surface area contributed by atoms with Gasteiger partial charge >= 0.3 is 0 Å². The number of rotatable bonds is 5. The van der Waals surface area contributed by atoms with E-state index in [4.69, 9.17) is 16.3 Å². The fourth-order valence-corrected chi connectivity index (χ4v) is 4.84. The molecule has 2 aromatic carbocycles. The van der Waals surface area contributed by atoms with E-state index in [2.05, 4.69) is 24.3 Å². The lowest BCUT2D eigenvalue weighted by Crippen LogP contribution is -2.56. The molecule has 0 amide bonds. The molecule has 6 nitrogen and oxygen atoms in total. The van der Waals surface area contributed by atoms with Crippen LogP contribution in [0.3, 0.4) is 0 Å². The van der Waals surface area contributed by atoms with Crippen LogP contribution >= 0.6 is 11.6 Å². The van der Waals surface area contributed by atoms with Crippen molar-refractivity contribution >= 4 is 22.5 Å². The van der Waals surface area contributed by atoms with E-state index in [1.807, 2.05) is 24.4 Å². The van der Waals surface area contributed by atoms with E-state index < -0.39 is 37.3 Å². The van der Waals surface area contributed by atoms with Crippen LogP contribution < -0.4 is 0 Å². The standard InChI is InChI=1S/C24H26ClNO5/c25-17-2-1-3-18-20(17)16(10-13-4-6-14(7-5-13)15-8-9-15)11-26(18)24-23(30)22(29)21(28)19(12-27)31-24/h1-7,11,15,19,21-24,27-30H,8-10,12H2/t19-,21-,22+,23-,24-/m1/s1. The first-order chi connectivity index (χ1) is 15.0. The number of benzene rings is 2. The Bertz CT molecular complexity index is 1080. The number of ether oxygens (including phenoxy) is 1. The number of aromatic nitrogens is 1. The van der Waals surface area contributed by atoms with Crippen LogP contribution in [0.4, 0.5) is 0 Å². The fraction of sp³-hybridized carbons (Fsp3) is 0.417. The molecule has 1 aliphatic carbocycles. The van der Waals surface area contributed by atoms with E-state index in [0.717, 1.165) is 22.0 Å². The van der Waals surface area contributed by atoms with Crippen LogP contribution in [0.2, 0.25) is 5.02 Å². The predicted molar refractivity (Wildman–Crippen MR) is 117 cm³/mol. The summed E-state index contributed by atoms with van der Waals surface area (Å²) in [5, 5.41) is 42.0. The summed E-state index contributed by atoms with van der Waals surface area (Å²) in [7, 11) is 0. The Labute approximate surface area is 185 Å². The lowest BCUT2D eigenvalue weighted by molar-refractivity contribution is -0.250. The van der Waals surface area contributed by atoms with E-state index in [0.29, 0.717) is 17.4 Å². The summed E-state index contributed by atoms with van der Waals surface area (Å²) in [6.45, 7) is -0.471. The molecular weight excluding hydrogens is 418 g/mol. The SMILES string of the molecule is OC[C@H]1O[C@@H](n2cc(Cc3ccc(C4CC4)cc3)c3c(Cl)cccc32)[C@H](O)[C@@H](O)[C@@H]1O. The van der Waals surface area contributed by atoms with Gasteiger partial charge in [-0.1, -0.05) is 41.9 Å². The van der Waals surface area contributed by atoms with Gasteiger partial charge in [0.15, 0.2) is 6.23 Å². The lowest BCUT2D eigenvalue weighted by atomic mass is 9.98. The predicted octanol–water partition coefficient (Wildman–Crippen LogP) is 2.74. The van der Waals surface area contributed by atoms with Crippen LogP contribution in [0.15, 0.2) is 48.7 Å². The number of hydrogen-bond donors (Lipinski definition) is 4. The molecule has 7 heteroatoms. The Kier molecular flexibility index (Phi) is 5.54. The van der Waals surface area contributed by atoms with Gasteiger partial charge in [-0.25, -0.2) is 0 Å². The van der Waals surface area contributed by atoms with E-state index >= 15 is 0 Å². The van der Waals surface area contributed by atoms with Crippen molar-refractivity contribution in [3.05, 3.63) is 70.4 Å². The van der Waals surface area contributed by atoms with Gasteiger partial charge in [-0.15, -0.1) is 0 Å². The van der Waals surface area contributed by atoms with Gasteiger partial charge in [0.2, 0.25) is 0 Å². The average Bonchev–Trinajstić information content (AvgIpc) is 3.56. The minimum Gasteiger partial charge on any atom is -0.394 e. The Hall–Kier alpha value is -1.93. The number of aliphatic hydroxyl groups excluding tert-OH is 4. The van der Waals surface area contributed by atoms with Crippen LogP contribution in [-0.4, -0.2) is 56.0 Å². The van der Waals surface area contributed by atoms with Gasteiger partial charge in [-0.2, -0.15) is 0 Å². The largest absolute Gasteiger partial charge is 0.394 e. The summed E-state index contributed by atoms with van der Waals surface area (Å²) in [5.74, 6) is 0.705. The molecule has 2 heterocycles. The zero-order chi connectivity index (χ0) is 21.7. The third kappa shape index (κ3) is 3.78. The zero-order valence-electron chi connectivity index (χ0n) is 16.9. The van der Waals surface area contributed by atoms with Crippen molar-refractivity contribution in [3.8, 4) is 0 Å². The minimum absolute atomic E-state index is 0.471. The monoisotopic (exact) mass is 443 g/mol. The van der Waals surface area contributed by atoms with Crippen molar-refractivity contribution in [1.82, 2.24) is 4.57 Å². The topological polar surface area (TPSA) is 95.1 Å². The lowest BCUT2D eigenvalue weighted by Gasteiger charge is -2.40. The fourth-order valence-electron chi connectivity index (χ4n) is 4.55. The van der Waals surface area contributed by atoms with E-state index in [9.17, 15) is 20.4 Å².